The Balaban J connectivity index is 0.762. The van der Waals surface area contributed by atoms with Gasteiger partial charge in [-0.3, -0.25) is 29.4 Å². The zero-order valence-corrected chi connectivity index (χ0v) is 35.8. The van der Waals surface area contributed by atoms with Gasteiger partial charge in [-0.15, -0.1) is 5.10 Å². The molecule has 1 unspecified atom stereocenters. The van der Waals surface area contributed by atoms with Gasteiger partial charge in [0.15, 0.2) is 0 Å². The van der Waals surface area contributed by atoms with Crippen molar-refractivity contribution in [3.8, 4) is 11.8 Å². The number of nitrogens with one attached hydrogen (secondary N) is 2. The molecule has 4 aromatic rings. The van der Waals surface area contributed by atoms with Gasteiger partial charge in [0.1, 0.15) is 29.5 Å². The highest BCUT2D eigenvalue weighted by atomic mass is 35.5. The number of aromatic nitrogens is 3. The lowest BCUT2D eigenvalue weighted by Gasteiger charge is -2.63. The molecule has 1 saturated carbocycles. The van der Waals surface area contributed by atoms with E-state index in [1.165, 1.54) is 0 Å². The summed E-state index contributed by atoms with van der Waals surface area (Å²) in [5.41, 5.74) is 2.39. The Hall–Kier alpha value is -5.56. The maximum absolute atomic E-state index is 13.5. The SMILES string of the molecule is CC1(C)C(NC(=O)c2ccc(N3CCN(CCOC4CCN(c5ccc6nnn(C7CCC(=O)NC7=O)c(=O)c6c5)CC4)CC3)cc2)C(C)(C)C1Oc1ccc(C#N)c(Cl)c1. The number of carbonyl (C=O) groups is 3. The third-order valence-corrected chi connectivity index (χ3v) is 13.4. The average molecular weight is 850 g/mol. The fourth-order valence-electron chi connectivity index (χ4n) is 9.85. The molecule has 4 fully saturated rings. The average Bonchev–Trinajstić information content (AvgIpc) is 3.25. The van der Waals surface area contributed by atoms with Crippen LogP contribution in [0.4, 0.5) is 11.4 Å². The normalized spacial score (nSPS) is 22.9. The molecule has 3 amide bonds. The Kier molecular flexibility index (Phi) is 11.8. The summed E-state index contributed by atoms with van der Waals surface area (Å²) in [6.07, 6.45) is 2.09. The van der Waals surface area contributed by atoms with Gasteiger partial charge in [0, 0.05) is 92.1 Å². The van der Waals surface area contributed by atoms with E-state index in [1.54, 1.807) is 24.3 Å². The number of fused-ring (bicyclic) bond motifs is 1. The molecule has 1 atom stereocenters. The second kappa shape index (κ2) is 17.1. The van der Waals surface area contributed by atoms with Gasteiger partial charge in [0.2, 0.25) is 5.91 Å². The molecule has 3 saturated heterocycles. The molecular formula is C45H52ClN9O6. The summed E-state index contributed by atoms with van der Waals surface area (Å²) in [6, 6.07) is 19.6. The van der Waals surface area contributed by atoms with Crippen molar-refractivity contribution in [2.24, 2.45) is 10.8 Å². The number of benzene rings is 3. The number of carbonyl (C=O) groups excluding carboxylic acids is 3. The third-order valence-electron chi connectivity index (χ3n) is 13.0. The minimum absolute atomic E-state index is 0.115. The fraction of sp³-hybridized carbons (Fsp3) is 0.489. The van der Waals surface area contributed by atoms with E-state index >= 15 is 0 Å². The summed E-state index contributed by atoms with van der Waals surface area (Å²) in [5.74, 6) is -0.401. The van der Waals surface area contributed by atoms with Crippen molar-refractivity contribution in [2.45, 2.75) is 77.7 Å². The Morgan fingerprint density at radius 1 is 0.902 bits per heavy atom. The molecule has 61 heavy (non-hydrogen) atoms. The minimum Gasteiger partial charge on any atom is -0.489 e. The smallest absolute Gasteiger partial charge is 0.278 e. The van der Waals surface area contributed by atoms with Crippen molar-refractivity contribution < 1.29 is 23.9 Å². The van der Waals surface area contributed by atoms with Gasteiger partial charge in [-0.2, -0.15) is 9.94 Å². The second-order valence-corrected chi connectivity index (χ2v) is 18.1. The van der Waals surface area contributed by atoms with E-state index in [-0.39, 0.29) is 53.7 Å². The predicted octanol–water partition coefficient (Wildman–Crippen LogP) is 4.71. The zero-order valence-electron chi connectivity index (χ0n) is 35.0. The van der Waals surface area contributed by atoms with Crippen LogP contribution in [0, 0.1) is 22.2 Å². The lowest BCUT2D eigenvalue weighted by atomic mass is 9.49. The molecule has 0 spiro atoms. The first-order chi connectivity index (χ1) is 29.2. The third kappa shape index (κ3) is 8.54. The van der Waals surface area contributed by atoms with Crippen LogP contribution in [0.15, 0.2) is 65.5 Å². The molecule has 320 valence electrons. The highest BCUT2D eigenvalue weighted by Crippen LogP contribution is 2.55. The molecule has 3 aliphatic heterocycles. The number of amides is 3. The maximum Gasteiger partial charge on any atom is 0.278 e. The molecule has 4 heterocycles. The van der Waals surface area contributed by atoms with Crippen LogP contribution in [0.3, 0.4) is 0 Å². The summed E-state index contributed by atoms with van der Waals surface area (Å²) in [7, 11) is 0. The van der Waals surface area contributed by atoms with Crippen molar-refractivity contribution in [1.82, 2.24) is 30.5 Å². The van der Waals surface area contributed by atoms with Crippen LogP contribution in [0.2, 0.25) is 5.02 Å². The molecule has 15 nitrogen and oxygen atoms in total. The van der Waals surface area contributed by atoms with Gasteiger partial charge in [-0.25, -0.2) is 0 Å². The first-order valence-corrected chi connectivity index (χ1v) is 21.4. The largest absolute Gasteiger partial charge is 0.489 e. The predicted molar refractivity (Wildman–Crippen MR) is 231 cm³/mol. The van der Waals surface area contributed by atoms with E-state index in [2.05, 4.69) is 69.4 Å². The van der Waals surface area contributed by atoms with Crippen LogP contribution in [0.1, 0.15) is 75.3 Å². The van der Waals surface area contributed by atoms with Crippen molar-refractivity contribution in [3.63, 3.8) is 0 Å². The topological polar surface area (TPSA) is 175 Å². The molecule has 3 aromatic carbocycles. The second-order valence-electron chi connectivity index (χ2n) is 17.7. The Labute approximate surface area is 359 Å². The van der Waals surface area contributed by atoms with E-state index < -0.39 is 17.5 Å². The summed E-state index contributed by atoms with van der Waals surface area (Å²) < 4.78 is 13.8. The number of anilines is 2. The number of hydrogen-bond donors (Lipinski definition) is 2. The van der Waals surface area contributed by atoms with Crippen LogP contribution in [-0.2, 0) is 14.3 Å². The number of nitrogens with zero attached hydrogens (tertiary/aromatic N) is 7. The van der Waals surface area contributed by atoms with E-state index in [0.717, 1.165) is 74.7 Å². The number of halogens is 1. The van der Waals surface area contributed by atoms with Crippen LogP contribution < -0.4 is 30.7 Å². The molecule has 0 bridgehead atoms. The summed E-state index contributed by atoms with van der Waals surface area (Å²) in [4.78, 5) is 57.9. The van der Waals surface area contributed by atoms with Gasteiger partial charge >= 0.3 is 0 Å². The van der Waals surface area contributed by atoms with Crippen LogP contribution in [0.5, 0.6) is 5.75 Å². The van der Waals surface area contributed by atoms with Gasteiger partial charge < -0.3 is 24.6 Å². The molecule has 1 aliphatic carbocycles. The Bertz CT molecular complexity index is 2400. The van der Waals surface area contributed by atoms with Crippen molar-refractivity contribution in [2.75, 3.05) is 62.2 Å². The molecule has 8 rings (SSSR count). The van der Waals surface area contributed by atoms with Crippen molar-refractivity contribution in [1.29, 1.82) is 5.26 Å². The zero-order chi connectivity index (χ0) is 43.1. The van der Waals surface area contributed by atoms with Crippen LogP contribution in [0.25, 0.3) is 10.9 Å². The number of imide groups is 1. The highest BCUT2D eigenvalue weighted by Gasteiger charge is 2.64. The molecule has 0 radical (unpaired) electrons. The first-order valence-electron chi connectivity index (χ1n) is 21.1. The standard InChI is InChI=1S/C45H52ClN9O6/c1-44(2)42(45(3,4)43(44)61-33-11-7-29(27-47)35(46)26-33)49-39(57)28-5-8-30(9-6-28)54-21-19-52(20-22-54)23-24-60-32-15-17-53(18-16-32)31-10-12-36-34(25-31)41(59)55(51-50-36)37-13-14-38(56)48-40(37)58/h5-12,25-26,32,37,42-43H,13-24H2,1-4H3,(H,49,57)(H,48,56,58). The van der Waals surface area contributed by atoms with Gasteiger partial charge in [0.05, 0.1) is 28.7 Å². The first kappa shape index (κ1) is 42.1. The maximum atomic E-state index is 13.5. The molecule has 2 N–H and O–H groups in total. The summed E-state index contributed by atoms with van der Waals surface area (Å²) >= 11 is 6.25. The highest BCUT2D eigenvalue weighted by molar-refractivity contribution is 6.31. The van der Waals surface area contributed by atoms with Gasteiger partial charge in [-0.1, -0.05) is 44.5 Å². The lowest BCUT2D eigenvalue weighted by Crippen LogP contribution is -2.74. The van der Waals surface area contributed by atoms with Crippen LogP contribution >= 0.6 is 11.6 Å². The summed E-state index contributed by atoms with van der Waals surface area (Å²) in [5, 5.41) is 23.7. The van der Waals surface area contributed by atoms with Gasteiger partial charge in [0.25, 0.3) is 17.4 Å². The Morgan fingerprint density at radius 2 is 1.59 bits per heavy atom. The van der Waals surface area contributed by atoms with Gasteiger partial charge in [-0.05, 0) is 73.9 Å². The van der Waals surface area contributed by atoms with E-state index in [4.69, 9.17) is 21.1 Å². The number of piperazine rings is 1. The molecule has 1 aromatic heterocycles. The molecule has 4 aliphatic rings. The van der Waals surface area contributed by atoms with E-state index in [9.17, 15) is 24.4 Å². The fourth-order valence-corrected chi connectivity index (χ4v) is 10.1. The molecule has 16 heteroatoms. The number of piperidine rings is 2. The number of rotatable bonds is 11. The van der Waals surface area contributed by atoms with Crippen LogP contribution in [-0.4, -0.2) is 108 Å². The summed E-state index contributed by atoms with van der Waals surface area (Å²) in [6.45, 7) is 15.1. The number of ether oxygens (including phenoxy) is 2. The van der Waals surface area contributed by atoms with Crippen molar-refractivity contribution >= 4 is 51.6 Å². The van der Waals surface area contributed by atoms with E-state index in [0.29, 0.717) is 39.4 Å². The quantitative estimate of drug-likeness (QED) is 0.199. The molecular weight excluding hydrogens is 798 g/mol. The number of hydrogen-bond acceptors (Lipinski definition) is 12. The monoisotopic (exact) mass is 849 g/mol. The number of nitriles is 1. The van der Waals surface area contributed by atoms with Crippen molar-refractivity contribution in [3.05, 3.63) is 87.2 Å². The minimum atomic E-state index is -0.859. The lowest BCUT2D eigenvalue weighted by molar-refractivity contribution is -0.164. The Morgan fingerprint density at radius 3 is 2.26 bits per heavy atom. The van der Waals surface area contributed by atoms with E-state index in [1.807, 2.05) is 36.4 Å².